The molecule has 23 heavy (non-hydrogen) atoms. The van der Waals surface area contributed by atoms with E-state index in [1.54, 1.807) is 37.0 Å². The molecular weight excluding hydrogens is 302 g/mol. The molecule has 2 rings (SSSR count). The predicted molar refractivity (Wildman–Crippen MR) is 82.7 cm³/mol. The summed E-state index contributed by atoms with van der Waals surface area (Å²) in [5.41, 5.74) is 0.559. The molecule has 1 N–H and O–H groups in total. The molecule has 120 valence electrons. The molecule has 2 aromatic rings. The molecule has 0 aliphatic heterocycles. The number of aromatic nitrogens is 1. The number of hydrogen-bond donors (Lipinski definition) is 1. The second-order valence-electron chi connectivity index (χ2n) is 4.74. The fourth-order valence-corrected chi connectivity index (χ4v) is 2.07. The minimum atomic E-state index is -0.805. The number of benzene rings is 1. The topological polar surface area (TPSA) is 103 Å². The van der Waals surface area contributed by atoms with Crippen LogP contribution in [0.15, 0.2) is 36.5 Å². The molecule has 0 radical (unpaired) electrons. The van der Waals surface area contributed by atoms with Crippen molar-refractivity contribution in [3.63, 3.8) is 0 Å². The molecule has 0 saturated carbocycles. The molecule has 0 spiro atoms. The van der Waals surface area contributed by atoms with E-state index in [1.807, 2.05) is 0 Å². The molecule has 8 heteroatoms. The normalized spacial score (nSPS) is 10.2. The minimum absolute atomic E-state index is 0.00128. The lowest BCUT2D eigenvalue weighted by Crippen LogP contribution is -2.17. The first-order valence-corrected chi connectivity index (χ1v) is 6.72. The zero-order valence-corrected chi connectivity index (χ0v) is 12.6. The largest absolute Gasteiger partial charge is 0.454 e. The van der Waals surface area contributed by atoms with E-state index in [1.165, 1.54) is 12.1 Å². The number of nitrogens with zero attached hydrogens (tertiary/aromatic N) is 2. The van der Waals surface area contributed by atoms with Crippen molar-refractivity contribution in [1.82, 2.24) is 4.57 Å². The number of rotatable bonds is 6. The number of carbonyl (C=O) groups excluding carboxylic acids is 2. The zero-order chi connectivity index (χ0) is 17.0. The van der Waals surface area contributed by atoms with Gasteiger partial charge in [0, 0.05) is 38.1 Å². The first-order chi connectivity index (χ1) is 10.9. The Balaban J connectivity index is 2.14. The summed E-state index contributed by atoms with van der Waals surface area (Å²) in [7, 11) is 3.28. The molecule has 0 aliphatic rings. The lowest BCUT2D eigenvalue weighted by Gasteiger charge is -2.09. The van der Waals surface area contributed by atoms with Gasteiger partial charge in [-0.2, -0.15) is 0 Å². The Morgan fingerprint density at radius 1 is 1.35 bits per heavy atom. The summed E-state index contributed by atoms with van der Waals surface area (Å²) in [6.07, 6.45) is 1.70. The number of carbonyl (C=O) groups is 2. The third-order valence-corrected chi connectivity index (χ3v) is 3.27. The number of esters is 1. The van der Waals surface area contributed by atoms with E-state index in [4.69, 9.17) is 4.74 Å². The lowest BCUT2D eigenvalue weighted by atomic mass is 10.1. The maximum absolute atomic E-state index is 12.1. The van der Waals surface area contributed by atoms with Gasteiger partial charge in [-0.1, -0.05) is 0 Å². The van der Waals surface area contributed by atoms with Gasteiger partial charge in [-0.3, -0.25) is 14.9 Å². The Morgan fingerprint density at radius 2 is 2.09 bits per heavy atom. The van der Waals surface area contributed by atoms with Crippen LogP contribution in [0.25, 0.3) is 0 Å². The van der Waals surface area contributed by atoms with E-state index < -0.39 is 17.5 Å². The van der Waals surface area contributed by atoms with Crippen LogP contribution >= 0.6 is 0 Å². The summed E-state index contributed by atoms with van der Waals surface area (Å²) in [4.78, 5) is 34.3. The number of anilines is 1. The average Bonchev–Trinajstić information content (AvgIpc) is 2.97. The van der Waals surface area contributed by atoms with E-state index in [9.17, 15) is 19.7 Å². The van der Waals surface area contributed by atoms with Gasteiger partial charge in [0.25, 0.3) is 5.69 Å². The van der Waals surface area contributed by atoms with Crippen LogP contribution in [-0.2, 0) is 11.8 Å². The summed E-state index contributed by atoms with van der Waals surface area (Å²) in [5.74, 6) is -1.16. The highest BCUT2D eigenvalue weighted by atomic mass is 16.6. The molecular formula is C15H15N3O5. The highest BCUT2D eigenvalue weighted by molar-refractivity contribution is 6.00. The van der Waals surface area contributed by atoms with Crippen molar-refractivity contribution in [3.05, 3.63) is 57.9 Å². The predicted octanol–water partition coefficient (Wildman–Crippen LogP) is 2.01. The van der Waals surface area contributed by atoms with Crippen LogP contribution in [0.3, 0.4) is 0 Å². The van der Waals surface area contributed by atoms with Crippen LogP contribution in [-0.4, -0.2) is 34.9 Å². The molecule has 0 aliphatic carbocycles. The maximum Gasteiger partial charge on any atom is 0.340 e. The van der Waals surface area contributed by atoms with Crippen molar-refractivity contribution >= 4 is 23.1 Å². The standard InChI is InChI=1S/C15H15N3O5/c1-16-12-6-5-10(18(21)22)8-11(12)15(20)23-9-14(19)13-4-3-7-17(13)2/h3-8,16H,9H2,1-2H3. The van der Waals surface area contributed by atoms with E-state index in [-0.39, 0.29) is 17.0 Å². The summed E-state index contributed by atoms with van der Waals surface area (Å²) < 4.78 is 6.60. The Bertz CT molecular complexity index is 766. The quantitative estimate of drug-likeness (QED) is 0.378. The van der Waals surface area contributed by atoms with Gasteiger partial charge in [0.1, 0.15) is 0 Å². The van der Waals surface area contributed by atoms with Crippen LogP contribution < -0.4 is 5.32 Å². The fraction of sp³-hybridized carbons (Fsp3) is 0.200. The Hall–Kier alpha value is -3.16. The van der Waals surface area contributed by atoms with Crippen molar-refractivity contribution in [2.24, 2.45) is 7.05 Å². The van der Waals surface area contributed by atoms with E-state index >= 15 is 0 Å². The first kappa shape index (κ1) is 16.2. The number of ether oxygens (including phenoxy) is 1. The number of aryl methyl sites for hydroxylation is 1. The molecule has 0 fully saturated rings. The van der Waals surface area contributed by atoms with Gasteiger partial charge >= 0.3 is 5.97 Å². The third kappa shape index (κ3) is 3.54. The zero-order valence-electron chi connectivity index (χ0n) is 12.6. The number of non-ortho nitro benzene ring substituents is 1. The molecule has 0 amide bonds. The van der Waals surface area contributed by atoms with Gasteiger partial charge in [-0.15, -0.1) is 0 Å². The van der Waals surface area contributed by atoms with Gasteiger partial charge in [-0.25, -0.2) is 4.79 Å². The SMILES string of the molecule is CNc1ccc([N+](=O)[O-])cc1C(=O)OCC(=O)c1cccn1C. The smallest absolute Gasteiger partial charge is 0.340 e. The van der Waals surface area contributed by atoms with Gasteiger partial charge < -0.3 is 14.6 Å². The Morgan fingerprint density at radius 3 is 2.65 bits per heavy atom. The lowest BCUT2D eigenvalue weighted by molar-refractivity contribution is -0.384. The van der Waals surface area contributed by atoms with Crippen molar-refractivity contribution in [3.8, 4) is 0 Å². The molecule has 0 atom stereocenters. The Labute approximate surface area is 131 Å². The maximum atomic E-state index is 12.1. The minimum Gasteiger partial charge on any atom is -0.454 e. The molecule has 0 bridgehead atoms. The van der Waals surface area contributed by atoms with Crippen LogP contribution in [0, 0.1) is 10.1 Å². The van der Waals surface area contributed by atoms with Crippen molar-refractivity contribution in [1.29, 1.82) is 0 Å². The van der Waals surface area contributed by atoms with Crippen LogP contribution in [0.1, 0.15) is 20.8 Å². The molecule has 1 aromatic carbocycles. The van der Waals surface area contributed by atoms with Crippen molar-refractivity contribution < 1.29 is 19.2 Å². The monoisotopic (exact) mass is 317 g/mol. The number of ketones is 1. The van der Waals surface area contributed by atoms with Gasteiger partial charge in [0.2, 0.25) is 5.78 Å². The van der Waals surface area contributed by atoms with Crippen LogP contribution in [0.5, 0.6) is 0 Å². The summed E-state index contributed by atoms with van der Waals surface area (Å²) in [6.45, 7) is -0.442. The molecule has 1 aromatic heterocycles. The number of nitro benzene ring substituents is 1. The molecule has 0 unspecified atom stereocenters. The number of Topliss-reactive ketones (excluding diaryl/α,β-unsaturated/α-hetero) is 1. The highest BCUT2D eigenvalue weighted by Gasteiger charge is 2.19. The number of nitrogens with one attached hydrogen (secondary N) is 1. The summed E-state index contributed by atoms with van der Waals surface area (Å²) in [6, 6.07) is 7.11. The van der Waals surface area contributed by atoms with Crippen molar-refractivity contribution in [2.75, 3.05) is 19.0 Å². The summed E-state index contributed by atoms with van der Waals surface area (Å²) in [5, 5.41) is 13.6. The first-order valence-electron chi connectivity index (χ1n) is 6.72. The van der Waals surface area contributed by atoms with Crippen LogP contribution in [0.2, 0.25) is 0 Å². The highest BCUT2D eigenvalue weighted by Crippen LogP contribution is 2.22. The van der Waals surface area contributed by atoms with Gasteiger partial charge in [0.05, 0.1) is 16.2 Å². The molecule has 0 saturated heterocycles. The average molecular weight is 317 g/mol. The number of nitro groups is 1. The van der Waals surface area contributed by atoms with E-state index in [0.717, 1.165) is 6.07 Å². The molecule has 8 nitrogen and oxygen atoms in total. The van der Waals surface area contributed by atoms with Gasteiger partial charge in [-0.05, 0) is 18.2 Å². The number of hydrogen-bond acceptors (Lipinski definition) is 6. The van der Waals surface area contributed by atoms with Gasteiger partial charge in [0.15, 0.2) is 6.61 Å². The van der Waals surface area contributed by atoms with E-state index in [2.05, 4.69) is 5.32 Å². The fourth-order valence-electron chi connectivity index (χ4n) is 2.07. The summed E-state index contributed by atoms with van der Waals surface area (Å²) >= 11 is 0. The third-order valence-electron chi connectivity index (χ3n) is 3.27. The second-order valence-corrected chi connectivity index (χ2v) is 4.74. The Kier molecular flexibility index (Phi) is 4.75. The molecule has 1 heterocycles. The second kappa shape index (κ2) is 6.73. The van der Waals surface area contributed by atoms with Crippen LogP contribution in [0.4, 0.5) is 11.4 Å². The van der Waals surface area contributed by atoms with E-state index in [0.29, 0.717) is 11.4 Å². The van der Waals surface area contributed by atoms with Crippen molar-refractivity contribution in [2.45, 2.75) is 0 Å².